The van der Waals surface area contributed by atoms with E-state index in [2.05, 4.69) is 13.8 Å². The van der Waals surface area contributed by atoms with Crippen molar-refractivity contribution in [1.29, 1.82) is 0 Å². The molecule has 0 radical (unpaired) electrons. The van der Waals surface area contributed by atoms with Gasteiger partial charge in [0.1, 0.15) is 17.7 Å². The maximum Gasteiger partial charge on any atom is 0.261 e. The zero-order valence-electron chi connectivity index (χ0n) is 18.6. The third-order valence-corrected chi connectivity index (χ3v) is 6.93. The Morgan fingerprint density at radius 2 is 1.94 bits per heavy atom. The van der Waals surface area contributed by atoms with Crippen molar-refractivity contribution in [2.75, 3.05) is 13.7 Å². The van der Waals surface area contributed by atoms with Gasteiger partial charge in [-0.25, -0.2) is 9.38 Å². The predicted octanol–water partition coefficient (Wildman–Crippen LogP) is 3.83. The summed E-state index contributed by atoms with van der Waals surface area (Å²) >= 11 is 0. The smallest absolute Gasteiger partial charge is 0.261 e. The number of likely N-dealkylation sites (N-methyl/N-ethyl adjacent to an activating group) is 1. The Kier molecular flexibility index (Phi) is 4.78. The summed E-state index contributed by atoms with van der Waals surface area (Å²) in [7, 11) is 1.65. The number of fused-ring (bicyclic) bond motifs is 2. The molecule has 3 aliphatic heterocycles. The van der Waals surface area contributed by atoms with Crippen LogP contribution in [0.4, 0.5) is 4.39 Å². The first kappa shape index (κ1) is 20.9. The number of nitrogens with zero attached hydrogens (tertiary/aromatic N) is 2. The lowest BCUT2D eigenvalue weighted by atomic mass is 9.74. The summed E-state index contributed by atoms with van der Waals surface area (Å²) in [6.07, 6.45) is 1.94. The fourth-order valence-corrected chi connectivity index (χ4v) is 5.28. The maximum atomic E-state index is 13.8. The molecule has 2 aromatic carbocycles. The number of rotatable bonds is 2. The first-order valence-corrected chi connectivity index (χ1v) is 11.0. The lowest BCUT2D eigenvalue weighted by Gasteiger charge is -2.44. The molecule has 3 heterocycles. The van der Waals surface area contributed by atoms with Gasteiger partial charge in [0, 0.05) is 31.6 Å². The number of ether oxygens (including phenoxy) is 2. The third kappa shape index (κ3) is 3.35. The number of nitrogens with two attached hydrogens (primary N) is 1. The van der Waals surface area contributed by atoms with Gasteiger partial charge in [0.2, 0.25) is 0 Å². The Balaban J connectivity index is 1.60. The summed E-state index contributed by atoms with van der Waals surface area (Å²) in [5.41, 5.74) is 6.95. The molecule has 2 N–H and O–H groups in total. The second-order valence-electron chi connectivity index (χ2n) is 9.64. The van der Waals surface area contributed by atoms with Crippen molar-refractivity contribution in [2.24, 2.45) is 16.6 Å². The molecule has 0 aliphatic carbocycles. The molecule has 2 aromatic rings. The Hall–Kier alpha value is -2.93. The largest absolute Gasteiger partial charge is 0.490 e. The summed E-state index contributed by atoms with van der Waals surface area (Å²) in [6.45, 7) is 4.83. The van der Waals surface area contributed by atoms with Gasteiger partial charge < -0.3 is 15.2 Å². The molecule has 5 rings (SSSR count). The quantitative estimate of drug-likeness (QED) is 0.775. The van der Waals surface area contributed by atoms with E-state index in [1.807, 2.05) is 24.3 Å². The molecule has 3 aliphatic rings. The van der Waals surface area contributed by atoms with E-state index >= 15 is 0 Å². The van der Waals surface area contributed by atoms with Crippen LogP contribution < -0.4 is 10.5 Å². The molecule has 0 aromatic heterocycles. The van der Waals surface area contributed by atoms with Gasteiger partial charge in [-0.3, -0.25) is 9.69 Å². The van der Waals surface area contributed by atoms with Crippen molar-refractivity contribution in [3.63, 3.8) is 0 Å². The molecule has 1 amide bonds. The summed E-state index contributed by atoms with van der Waals surface area (Å²) in [5.74, 6) is 0.595. The molecule has 168 valence electrons. The molecular weight excluding hydrogens is 409 g/mol. The molecule has 6 nitrogen and oxygen atoms in total. The van der Waals surface area contributed by atoms with Crippen LogP contribution in [0.5, 0.6) is 5.75 Å². The van der Waals surface area contributed by atoms with Crippen molar-refractivity contribution in [3.05, 3.63) is 53.8 Å². The van der Waals surface area contributed by atoms with Crippen LogP contribution in [0.1, 0.15) is 38.7 Å². The molecule has 0 saturated carbocycles. The minimum absolute atomic E-state index is 0.160. The fourth-order valence-electron chi connectivity index (χ4n) is 5.28. The maximum absolute atomic E-state index is 13.8. The van der Waals surface area contributed by atoms with E-state index < -0.39 is 5.54 Å². The van der Waals surface area contributed by atoms with E-state index in [-0.39, 0.29) is 35.3 Å². The zero-order chi connectivity index (χ0) is 22.7. The van der Waals surface area contributed by atoms with Crippen LogP contribution in [0, 0.1) is 11.7 Å². The van der Waals surface area contributed by atoms with Crippen LogP contribution in [-0.2, 0) is 15.1 Å². The standard InChI is InChI=1S/C25H28FN3O3/c1-24(2)13-17(9-10-31-24)21-14-25(22(30)29(3)23(27)28-25)19-12-16(7-8-20(19)32-21)15-5-4-6-18(26)11-15/h4-8,11-12,17,21H,9-10,13-14H2,1-3H3,(H2,27,28). The van der Waals surface area contributed by atoms with Crippen molar-refractivity contribution in [1.82, 2.24) is 4.90 Å². The molecule has 1 spiro atoms. The van der Waals surface area contributed by atoms with Crippen molar-refractivity contribution in [2.45, 2.75) is 50.4 Å². The molecule has 1 fully saturated rings. The highest BCUT2D eigenvalue weighted by Crippen LogP contribution is 2.49. The van der Waals surface area contributed by atoms with Gasteiger partial charge in [-0.1, -0.05) is 18.2 Å². The number of carbonyl (C=O) groups is 1. The molecule has 1 saturated heterocycles. The number of halogens is 1. The van der Waals surface area contributed by atoms with Crippen molar-refractivity contribution in [3.8, 4) is 16.9 Å². The normalized spacial score (nSPS) is 28.9. The molecule has 7 heteroatoms. The number of carbonyl (C=O) groups excluding carboxylic acids is 1. The average Bonchev–Trinajstić information content (AvgIpc) is 2.97. The number of aliphatic imine (C=N–C) groups is 1. The molecule has 0 bridgehead atoms. The predicted molar refractivity (Wildman–Crippen MR) is 120 cm³/mol. The summed E-state index contributed by atoms with van der Waals surface area (Å²) in [6, 6.07) is 12.1. The monoisotopic (exact) mass is 437 g/mol. The van der Waals surface area contributed by atoms with Crippen molar-refractivity contribution < 1.29 is 18.7 Å². The number of hydrogen-bond acceptors (Lipinski definition) is 5. The van der Waals surface area contributed by atoms with Crippen LogP contribution in [0.15, 0.2) is 47.5 Å². The molecule has 3 unspecified atom stereocenters. The van der Waals surface area contributed by atoms with Crippen LogP contribution in [0.2, 0.25) is 0 Å². The van der Waals surface area contributed by atoms with E-state index in [0.717, 1.165) is 24.0 Å². The minimum Gasteiger partial charge on any atom is -0.490 e. The second kappa shape index (κ2) is 7.30. The highest BCUT2D eigenvalue weighted by molar-refractivity contribution is 6.07. The topological polar surface area (TPSA) is 77.2 Å². The molecule has 32 heavy (non-hydrogen) atoms. The van der Waals surface area contributed by atoms with E-state index in [1.165, 1.54) is 17.0 Å². The first-order valence-electron chi connectivity index (χ1n) is 11.0. The summed E-state index contributed by atoms with van der Waals surface area (Å²) in [5, 5.41) is 0. The lowest BCUT2D eigenvalue weighted by molar-refractivity contribution is -0.134. The van der Waals surface area contributed by atoms with Gasteiger partial charge in [0.15, 0.2) is 11.5 Å². The van der Waals surface area contributed by atoms with Crippen LogP contribution in [0.3, 0.4) is 0 Å². The summed E-state index contributed by atoms with van der Waals surface area (Å²) in [4.78, 5) is 19.6. The lowest BCUT2D eigenvalue weighted by Crippen LogP contribution is -2.49. The first-order chi connectivity index (χ1) is 15.2. The van der Waals surface area contributed by atoms with Gasteiger partial charge in [0.25, 0.3) is 5.91 Å². The number of benzene rings is 2. The van der Waals surface area contributed by atoms with E-state index in [1.54, 1.807) is 13.1 Å². The molecule has 3 atom stereocenters. The number of hydrogen-bond donors (Lipinski definition) is 1. The van der Waals surface area contributed by atoms with Gasteiger partial charge >= 0.3 is 0 Å². The number of amides is 1. The van der Waals surface area contributed by atoms with E-state index in [0.29, 0.717) is 24.3 Å². The van der Waals surface area contributed by atoms with Crippen LogP contribution >= 0.6 is 0 Å². The third-order valence-electron chi connectivity index (χ3n) is 6.93. The van der Waals surface area contributed by atoms with Gasteiger partial charge in [-0.2, -0.15) is 0 Å². The second-order valence-corrected chi connectivity index (χ2v) is 9.64. The SMILES string of the molecule is CN1C(=O)C2(CC(C3CCOC(C)(C)C3)Oc3ccc(-c4cccc(F)c4)cc32)N=C1N. The van der Waals surface area contributed by atoms with E-state index in [9.17, 15) is 9.18 Å². The molecular formula is C25H28FN3O3. The van der Waals surface area contributed by atoms with Crippen LogP contribution in [-0.4, -0.2) is 42.1 Å². The Morgan fingerprint density at radius 1 is 1.16 bits per heavy atom. The highest BCUT2D eigenvalue weighted by atomic mass is 19.1. The summed E-state index contributed by atoms with van der Waals surface area (Å²) < 4.78 is 26.2. The van der Waals surface area contributed by atoms with Gasteiger partial charge in [0.05, 0.1) is 5.60 Å². The average molecular weight is 438 g/mol. The Morgan fingerprint density at radius 3 is 2.62 bits per heavy atom. The van der Waals surface area contributed by atoms with E-state index in [4.69, 9.17) is 20.2 Å². The Labute approximate surface area is 187 Å². The minimum atomic E-state index is -1.14. The number of guanidine groups is 1. The van der Waals surface area contributed by atoms with Gasteiger partial charge in [-0.05, 0) is 62.1 Å². The van der Waals surface area contributed by atoms with Crippen LogP contribution in [0.25, 0.3) is 11.1 Å². The van der Waals surface area contributed by atoms with Gasteiger partial charge in [-0.15, -0.1) is 0 Å². The zero-order valence-corrected chi connectivity index (χ0v) is 18.6. The fraction of sp³-hybridized carbons (Fsp3) is 0.440. The van der Waals surface area contributed by atoms with Crippen molar-refractivity contribution >= 4 is 11.9 Å². The Bertz CT molecular complexity index is 1120. The highest BCUT2D eigenvalue weighted by Gasteiger charge is 2.55.